The molecule has 0 spiro atoms. The zero-order chi connectivity index (χ0) is 11.5. The van der Waals surface area contributed by atoms with Crippen molar-refractivity contribution in [2.75, 3.05) is 19.0 Å². The van der Waals surface area contributed by atoms with E-state index in [-0.39, 0.29) is 11.0 Å². The van der Waals surface area contributed by atoms with Gasteiger partial charge in [-0.1, -0.05) is 6.92 Å². The lowest BCUT2D eigenvalue weighted by Crippen LogP contribution is -2.43. The number of sulfone groups is 1. The largest absolute Gasteiger partial charge is 0.380 e. The van der Waals surface area contributed by atoms with Crippen LogP contribution < -0.4 is 5.73 Å². The molecule has 1 rings (SSSR count). The monoisotopic (exact) mass is 235 g/mol. The van der Waals surface area contributed by atoms with Gasteiger partial charge in [0, 0.05) is 17.9 Å². The van der Waals surface area contributed by atoms with E-state index < -0.39 is 15.4 Å². The molecular weight excluding hydrogens is 214 g/mol. The second-order valence-corrected chi connectivity index (χ2v) is 6.89. The van der Waals surface area contributed by atoms with Crippen LogP contribution in [-0.4, -0.2) is 38.2 Å². The third-order valence-corrected chi connectivity index (χ3v) is 5.33. The van der Waals surface area contributed by atoms with Crippen LogP contribution in [0.1, 0.15) is 33.1 Å². The third-order valence-electron chi connectivity index (χ3n) is 3.10. The van der Waals surface area contributed by atoms with E-state index >= 15 is 0 Å². The summed E-state index contributed by atoms with van der Waals surface area (Å²) >= 11 is 0. The molecule has 1 fully saturated rings. The topological polar surface area (TPSA) is 69.4 Å². The summed E-state index contributed by atoms with van der Waals surface area (Å²) in [6.07, 6.45) is 1.97. The molecule has 2 N–H and O–H groups in total. The van der Waals surface area contributed by atoms with Crippen LogP contribution in [0.2, 0.25) is 0 Å². The van der Waals surface area contributed by atoms with Crippen LogP contribution in [-0.2, 0) is 14.6 Å². The van der Waals surface area contributed by atoms with E-state index in [0.29, 0.717) is 26.1 Å². The molecule has 0 aromatic carbocycles. The van der Waals surface area contributed by atoms with Crippen molar-refractivity contribution in [2.45, 2.75) is 43.9 Å². The van der Waals surface area contributed by atoms with Gasteiger partial charge in [-0.3, -0.25) is 0 Å². The molecule has 1 saturated carbocycles. The lowest BCUT2D eigenvalue weighted by Gasteiger charge is -2.23. The van der Waals surface area contributed by atoms with Gasteiger partial charge >= 0.3 is 0 Å². The molecule has 0 aliphatic heterocycles. The summed E-state index contributed by atoms with van der Waals surface area (Å²) in [7, 11) is -2.93. The van der Waals surface area contributed by atoms with E-state index in [2.05, 4.69) is 0 Å². The highest BCUT2D eigenvalue weighted by Crippen LogP contribution is 2.32. The van der Waals surface area contributed by atoms with Gasteiger partial charge in [0.1, 0.15) is 0 Å². The fourth-order valence-electron chi connectivity index (χ4n) is 2.08. The van der Waals surface area contributed by atoms with Crippen molar-refractivity contribution in [1.29, 1.82) is 0 Å². The minimum absolute atomic E-state index is 0.211. The molecule has 0 saturated heterocycles. The van der Waals surface area contributed by atoms with E-state index in [1.165, 1.54) is 0 Å². The average molecular weight is 235 g/mol. The predicted octanol–water partition coefficient (Wildman–Crippen LogP) is 0.708. The molecule has 5 heteroatoms. The van der Waals surface area contributed by atoms with Crippen LogP contribution in [0.15, 0.2) is 0 Å². The van der Waals surface area contributed by atoms with Crippen molar-refractivity contribution in [1.82, 2.24) is 0 Å². The van der Waals surface area contributed by atoms with Crippen LogP contribution in [0.25, 0.3) is 0 Å². The maximum Gasteiger partial charge on any atom is 0.152 e. The normalized spacial score (nSPS) is 32.1. The van der Waals surface area contributed by atoms with E-state index in [1.807, 2.05) is 6.92 Å². The van der Waals surface area contributed by atoms with Gasteiger partial charge in [0.25, 0.3) is 0 Å². The fraction of sp³-hybridized carbons (Fsp3) is 1.00. The maximum atomic E-state index is 11.7. The van der Waals surface area contributed by atoms with Gasteiger partial charge in [-0.15, -0.1) is 0 Å². The van der Waals surface area contributed by atoms with Gasteiger partial charge in [-0.05, 0) is 26.2 Å². The first kappa shape index (κ1) is 12.9. The van der Waals surface area contributed by atoms with Crippen LogP contribution in [0.5, 0.6) is 0 Å². The number of hydrogen-bond acceptors (Lipinski definition) is 4. The lowest BCUT2D eigenvalue weighted by atomic mass is 10.0. The summed E-state index contributed by atoms with van der Waals surface area (Å²) in [5, 5.41) is -0.257. The van der Waals surface area contributed by atoms with Crippen molar-refractivity contribution in [3.05, 3.63) is 0 Å². The lowest BCUT2D eigenvalue weighted by molar-refractivity contribution is 0.0968. The van der Waals surface area contributed by atoms with Crippen LogP contribution in [0.4, 0.5) is 0 Å². The minimum atomic E-state index is -2.93. The Bertz CT molecular complexity index is 302. The summed E-state index contributed by atoms with van der Waals surface area (Å²) in [5.74, 6) is 0.211. The first-order chi connectivity index (χ1) is 6.93. The molecule has 0 unspecified atom stereocenters. The first-order valence-electron chi connectivity index (χ1n) is 5.52. The minimum Gasteiger partial charge on any atom is -0.380 e. The molecule has 0 radical (unpaired) electrons. The SMILES string of the molecule is CCOC[C@]1(N)CC[C@H](S(=O)(=O)CC)C1. The fourth-order valence-corrected chi connectivity index (χ4v) is 3.62. The van der Waals surface area contributed by atoms with Crippen LogP contribution in [0, 0.1) is 0 Å². The molecule has 15 heavy (non-hydrogen) atoms. The van der Waals surface area contributed by atoms with Gasteiger partial charge < -0.3 is 10.5 Å². The molecule has 1 aliphatic carbocycles. The molecule has 0 aromatic heterocycles. The number of nitrogens with two attached hydrogens (primary N) is 1. The summed E-state index contributed by atoms with van der Waals surface area (Å²) < 4.78 is 28.6. The summed E-state index contributed by atoms with van der Waals surface area (Å²) in [6, 6.07) is 0. The molecule has 4 nitrogen and oxygen atoms in total. The summed E-state index contributed by atoms with van der Waals surface area (Å²) in [4.78, 5) is 0. The average Bonchev–Trinajstić information content (AvgIpc) is 2.59. The first-order valence-corrected chi connectivity index (χ1v) is 7.23. The Morgan fingerprint density at radius 2 is 2.13 bits per heavy atom. The summed E-state index contributed by atoms with van der Waals surface area (Å²) in [6.45, 7) is 4.70. The van der Waals surface area contributed by atoms with Crippen molar-refractivity contribution in [3.63, 3.8) is 0 Å². The molecule has 90 valence electrons. The maximum absolute atomic E-state index is 11.7. The predicted molar refractivity (Wildman–Crippen MR) is 60.5 cm³/mol. The third kappa shape index (κ3) is 3.16. The van der Waals surface area contributed by atoms with E-state index in [9.17, 15) is 8.42 Å². The van der Waals surface area contributed by atoms with Crippen molar-refractivity contribution in [3.8, 4) is 0 Å². The van der Waals surface area contributed by atoms with E-state index in [1.54, 1.807) is 6.92 Å². The number of ether oxygens (including phenoxy) is 1. The Kier molecular flexibility index (Phi) is 4.14. The van der Waals surface area contributed by atoms with E-state index in [4.69, 9.17) is 10.5 Å². The van der Waals surface area contributed by atoms with Crippen molar-refractivity contribution >= 4 is 9.84 Å². The van der Waals surface area contributed by atoms with Crippen molar-refractivity contribution < 1.29 is 13.2 Å². The second kappa shape index (κ2) is 4.80. The second-order valence-electron chi connectivity index (χ2n) is 4.32. The van der Waals surface area contributed by atoms with Crippen LogP contribution >= 0.6 is 0 Å². The Morgan fingerprint density at radius 1 is 1.47 bits per heavy atom. The van der Waals surface area contributed by atoms with Gasteiger partial charge in [0.05, 0.1) is 11.9 Å². The van der Waals surface area contributed by atoms with Gasteiger partial charge in [-0.2, -0.15) is 0 Å². The summed E-state index contributed by atoms with van der Waals surface area (Å²) in [5.41, 5.74) is 5.67. The smallest absolute Gasteiger partial charge is 0.152 e. The van der Waals surface area contributed by atoms with Gasteiger partial charge in [0.2, 0.25) is 0 Å². The molecule has 1 aliphatic rings. The Morgan fingerprint density at radius 3 is 2.67 bits per heavy atom. The number of hydrogen-bond donors (Lipinski definition) is 1. The van der Waals surface area contributed by atoms with Gasteiger partial charge in [-0.25, -0.2) is 8.42 Å². The molecule has 0 aromatic rings. The van der Waals surface area contributed by atoms with Gasteiger partial charge in [0.15, 0.2) is 9.84 Å². The molecule has 0 amide bonds. The van der Waals surface area contributed by atoms with Crippen molar-refractivity contribution in [2.24, 2.45) is 5.73 Å². The standard InChI is InChI=1S/C10H21NO3S/c1-3-14-8-10(11)6-5-9(7-10)15(12,13)4-2/h9H,3-8,11H2,1-2H3/t9-,10-/m0/s1. The van der Waals surface area contributed by atoms with E-state index in [0.717, 1.165) is 6.42 Å². The molecule has 2 atom stereocenters. The molecular formula is C10H21NO3S. The molecule has 0 bridgehead atoms. The Balaban J connectivity index is 2.58. The highest BCUT2D eigenvalue weighted by molar-refractivity contribution is 7.92. The highest BCUT2D eigenvalue weighted by Gasteiger charge is 2.41. The zero-order valence-corrected chi connectivity index (χ0v) is 10.3. The van der Waals surface area contributed by atoms with Crippen LogP contribution in [0.3, 0.4) is 0 Å². The zero-order valence-electron chi connectivity index (χ0n) is 9.53. The Labute approximate surface area is 92.1 Å². The molecule has 0 heterocycles. The number of rotatable bonds is 5. The highest BCUT2D eigenvalue weighted by atomic mass is 32.2. The quantitative estimate of drug-likeness (QED) is 0.762. The Hall–Kier alpha value is -0.130.